The van der Waals surface area contributed by atoms with Gasteiger partial charge in [-0.15, -0.1) is 11.6 Å². The van der Waals surface area contributed by atoms with E-state index >= 15 is 0 Å². The summed E-state index contributed by atoms with van der Waals surface area (Å²) >= 11 is 5.47. The van der Waals surface area contributed by atoms with Crippen LogP contribution in [0.25, 0.3) is 0 Å². The summed E-state index contributed by atoms with van der Waals surface area (Å²) in [5.41, 5.74) is 0.468. The SMILES string of the molecule is O=Cc1ccc(OC[C@H](Cl)CC(F)(F)F)cc1. The van der Waals surface area contributed by atoms with Gasteiger partial charge in [-0.25, -0.2) is 0 Å². The molecule has 2 nitrogen and oxygen atoms in total. The van der Waals surface area contributed by atoms with Crippen molar-refractivity contribution in [3.05, 3.63) is 29.8 Å². The van der Waals surface area contributed by atoms with Crippen molar-refractivity contribution >= 4 is 17.9 Å². The summed E-state index contributed by atoms with van der Waals surface area (Å²) in [6.07, 6.45) is -4.73. The third-order valence-corrected chi connectivity index (χ3v) is 2.18. The molecule has 0 saturated heterocycles. The van der Waals surface area contributed by atoms with Crippen LogP contribution in [0.4, 0.5) is 13.2 Å². The molecule has 6 heteroatoms. The maximum Gasteiger partial charge on any atom is 0.390 e. The van der Waals surface area contributed by atoms with Gasteiger partial charge in [0.15, 0.2) is 0 Å². The molecule has 1 rings (SSSR count). The van der Waals surface area contributed by atoms with E-state index in [4.69, 9.17) is 16.3 Å². The number of aldehydes is 1. The molecule has 0 saturated carbocycles. The molecule has 0 spiro atoms. The average Bonchev–Trinajstić information content (AvgIpc) is 2.25. The monoisotopic (exact) mass is 266 g/mol. The van der Waals surface area contributed by atoms with Gasteiger partial charge in [-0.1, -0.05) is 0 Å². The van der Waals surface area contributed by atoms with Gasteiger partial charge in [-0.3, -0.25) is 4.79 Å². The summed E-state index contributed by atoms with van der Waals surface area (Å²) in [4.78, 5) is 10.4. The van der Waals surface area contributed by atoms with Gasteiger partial charge in [0.2, 0.25) is 0 Å². The van der Waals surface area contributed by atoms with Crippen molar-refractivity contribution in [3.63, 3.8) is 0 Å². The van der Waals surface area contributed by atoms with E-state index in [0.29, 0.717) is 17.6 Å². The second-order valence-electron chi connectivity index (χ2n) is 3.41. The smallest absolute Gasteiger partial charge is 0.390 e. The Morgan fingerprint density at radius 3 is 2.35 bits per heavy atom. The minimum Gasteiger partial charge on any atom is -0.492 e. The molecule has 1 aromatic rings. The molecule has 0 N–H and O–H groups in total. The van der Waals surface area contributed by atoms with Crippen LogP contribution in [0.2, 0.25) is 0 Å². The predicted octanol–water partition coefficient (Wildman–Crippen LogP) is 3.44. The molecule has 94 valence electrons. The van der Waals surface area contributed by atoms with Crippen molar-refractivity contribution in [1.29, 1.82) is 0 Å². The van der Waals surface area contributed by atoms with E-state index in [9.17, 15) is 18.0 Å². The van der Waals surface area contributed by atoms with Gasteiger partial charge in [-0.2, -0.15) is 13.2 Å². The molecule has 1 atom stereocenters. The van der Waals surface area contributed by atoms with Crippen molar-refractivity contribution in [3.8, 4) is 5.75 Å². The van der Waals surface area contributed by atoms with Crippen molar-refractivity contribution < 1.29 is 22.7 Å². The molecule has 0 bridgehead atoms. The highest BCUT2D eigenvalue weighted by molar-refractivity contribution is 6.20. The first-order valence-corrected chi connectivity index (χ1v) is 5.23. The van der Waals surface area contributed by atoms with Crippen LogP contribution in [0.1, 0.15) is 16.8 Å². The highest BCUT2D eigenvalue weighted by Gasteiger charge is 2.31. The molecular weight excluding hydrogens is 257 g/mol. The number of ether oxygens (including phenoxy) is 1. The fourth-order valence-electron chi connectivity index (χ4n) is 1.14. The lowest BCUT2D eigenvalue weighted by atomic mass is 10.2. The van der Waals surface area contributed by atoms with E-state index < -0.39 is 18.0 Å². The van der Waals surface area contributed by atoms with E-state index in [1.807, 2.05) is 0 Å². The van der Waals surface area contributed by atoms with E-state index in [-0.39, 0.29) is 6.61 Å². The minimum absolute atomic E-state index is 0.235. The zero-order valence-corrected chi connectivity index (χ0v) is 9.46. The second-order valence-corrected chi connectivity index (χ2v) is 4.03. The number of rotatable bonds is 5. The maximum atomic E-state index is 12.0. The van der Waals surface area contributed by atoms with Gasteiger partial charge in [0.05, 0.1) is 11.8 Å². The van der Waals surface area contributed by atoms with Crippen molar-refractivity contribution in [2.75, 3.05) is 6.61 Å². The predicted molar refractivity (Wildman–Crippen MR) is 57.6 cm³/mol. The zero-order valence-electron chi connectivity index (χ0n) is 8.71. The number of carbonyl (C=O) groups excluding carboxylic acids is 1. The molecule has 0 aliphatic heterocycles. The van der Waals surface area contributed by atoms with Crippen molar-refractivity contribution in [2.45, 2.75) is 18.0 Å². The van der Waals surface area contributed by atoms with Crippen molar-refractivity contribution in [2.24, 2.45) is 0 Å². The Morgan fingerprint density at radius 2 is 1.88 bits per heavy atom. The second kappa shape index (κ2) is 5.91. The lowest BCUT2D eigenvalue weighted by molar-refractivity contribution is -0.135. The molecule has 0 amide bonds. The number of carbonyl (C=O) groups is 1. The fraction of sp³-hybridized carbons (Fsp3) is 0.364. The van der Waals surface area contributed by atoms with Crippen LogP contribution in [0.3, 0.4) is 0 Å². The number of hydrogen-bond donors (Lipinski definition) is 0. The summed E-state index contributed by atoms with van der Waals surface area (Å²) in [5, 5.41) is -1.12. The highest BCUT2D eigenvalue weighted by Crippen LogP contribution is 2.24. The molecule has 1 aromatic carbocycles. The summed E-state index contributed by atoms with van der Waals surface area (Å²) in [6, 6.07) is 6.02. The van der Waals surface area contributed by atoms with Gasteiger partial charge >= 0.3 is 6.18 Å². The van der Waals surface area contributed by atoms with Crippen molar-refractivity contribution in [1.82, 2.24) is 0 Å². The Labute approximate surface area is 101 Å². The van der Waals surface area contributed by atoms with Crippen LogP contribution in [0.5, 0.6) is 5.75 Å². The summed E-state index contributed by atoms with van der Waals surface area (Å²) in [5.74, 6) is 0.378. The van der Waals surface area contributed by atoms with Crippen LogP contribution in [-0.4, -0.2) is 24.4 Å². The molecule has 0 radical (unpaired) electrons. The van der Waals surface area contributed by atoms with Gasteiger partial charge in [0.1, 0.15) is 18.6 Å². The zero-order chi connectivity index (χ0) is 12.9. The topological polar surface area (TPSA) is 26.3 Å². The van der Waals surface area contributed by atoms with Crippen LogP contribution >= 0.6 is 11.6 Å². The Bertz CT molecular complexity index is 362. The molecule has 0 aliphatic carbocycles. The molecule has 0 aliphatic rings. The van der Waals surface area contributed by atoms with Crippen LogP contribution in [0.15, 0.2) is 24.3 Å². The molecule has 17 heavy (non-hydrogen) atoms. The third kappa shape index (κ3) is 5.58. The van der Waals surface area contributed by atoms with E-state index in [1.54, 1.807) is 0 Å². The number of hydrogen-bond acceptors (Lipinski definition) is 2. The number of benzene rings is 1. The maximum absolute atomic E-state index is 12.0. The summed E-state index contributed by atoms with van der Waals surface area (Å²) in [6.45, 7) is -0.235. The van der Waals surface area contributed by atoms with Gasteiger partial charge in [-0.05, 0) is 24.3 Å². The lowest BCUT2D eigenvalue weighted by Gasteiger charge is -2.13. The van der Waals surface area contributed by atoms with E-state index in [0.717, 1.165) is 0 Å². The Balaban J connectivity index is 2.41. The molecule has 0 fully saturated rings. The van der Waals surface area contributed by atoms with Gasteiger partial charge in [0, 0.05) is 5.56 Å². The fourth-order valence-corrected chi connectivity index (χ4v) is 1.38. The Kier molecular flexibility index (Phi) is 4.81. The number of halogens is 4. The standard InChI is InChI=1S/C11H10ClF3O2/c12-9(5-11(13,14)15)7-17-10-3-1-8(6-16)2-4-10/h1-4,6,9H,5,7H2/t9-/m1/s1. The molecule has 0 aromatic heterocycles. The first kappa shape index (κ1) is 13.8. The van der Waals surface area contributed by atoms with Crippen LogP contribution < -0.4 is 4.74 Å². The van der Waals surface area contributed by atoms with E-state index in [2.05, 4.69) is 0 Å². The Hall–Kier alpha value is -1.23. The quantitative estimate of drug-likeness (QED) is 0.603. The van der Waals surface area contributed by atoms with Crippen LogP contribution in [0, 0.1) is 0 Å². The molecular formula is C11H10ClF3O2. The highest BCUT2D eigenvalue weighted by atomic mass is 35.5. The first-order valence-electron chi connectivity index (χ1n) is 4.79. The van der Waals surface area contributed by atoms with Gasteiger partial charge in [0.25, 0.3) is 0 Å². The molecule has 0 unspecified atom stereocenters. The third-order valence-electron chi connectivity index (χ3n) is 1.90. The minimum atomic E-state index is -4.29. The van der Waals surface area contributed by atoms with Gasteiger partial charge < -0.3 is 4.74 Å². The van der Waals surface area contributed by atoms with E-state index in [1.165, 1.54) is 24.3 Å². The Morgan fingerprint density at radius 1 is 1.29 bits per heavy atom. The normalized spacial score (nSPS) is 13.2. The number of alkyl halides is 4. The molecule has 0 heterocycles. The largest absolute Gasteiger partial charge is 0.492 e. The van der Waals surface area contributed by atoms with Crippen LogP contribution in [-0.2, 0) is 0 Å². The average molecular weight is 267 g/mol. The first-order chi connectivity index (χ1) is 7.90. The summed E-state index contributed by atoms with van der Waals surface area (Å²) in [7, 11) is 0. The summed E-state index contributed by atoms with van der Waals surface area (Å²) < 4.78 is 40.9. The lowest BCUT2D eigenvalue weighted by Crippen LogP contribution is -2.20.